The average molecular weight is 278 g/mol. The lowest BCUT2D eigenvalue weighted by Crippen LogP contribution is -2.45. The van der Waals surface area contributed by atoms with Crippen LogP contribution in [0.5, 0.6) is 0 Å². The van der Waals surface area contributed by atoms with Crippen LogP contribution in [-0.2, 0) is 6.54 Å². The fraction of sp³-hybridized carbons (Fsp3) is 0.667. The van der Waals surface area contributed by atoms with Crippen LogP contribution in [0.3, 0.4) is 0 Å². The van der Waals surface area contributed by atoms with Crippen molar-refractivity contribution >= 4 is 17.3 Å². The number of furan rings is 1. The molecule has 19 heavy (non-hydrogen) atoms. The van der Waals surface area contributed by atoms with Gasteiger partial charge in [0, 0.05) is 12.1 Å². The number of thiocarbonyl (C=S) groups is 1. The lowest BCUT2D eigenvalue weighted by Gasteiger charge is -2.30. The number of hydrogen-bond acceptors (Lipinski definition) is 2. The second kappa shape index (κ2) is 5.95. The Morgan fingerprint density at radius 2 is 2.05 bits per heavy atom. The maximum absolute atomic E-state index is 5.62. The predicted octanol–water partition coefficient (Wildman–Crippen LogP) is 3.45. The molecule has 0 radical (unpaired) electrons. The van der Waals surface area contributed by atoms with Crippen LogP contribution >= 0.6 is 12.2 Å². The summed E-state index contributed by atoms with van der Waals surface area (Å²) >= 11 is 5.62. The SMILES string of the molecule is S=C(NC1CCCCC1)N(Cc1ccco1)C1CC1. The van der Waals surface area contributed by atoms with Gasteiger partial charge in [0.2, 0.25) is 0 Å². The van der Waals surface area contributed by atoms with Crippen LogP contribution in [0.15, 0.2) is 22.8 Å². The van der Waals surface area contributed by atoms with E-state index in [1.165, 1.54) is 44.9 Å². The van der Waals surface area contributed by atoms with Gasteiger partial charge in [-0.1, -0.05) is 19.3 Å². The van der Waals surface area contributed by atoms with Crippen molar-refractivity contribution in [3.8, 4) is 0 Å². The summed E-state index contributed by atoms with van der Waals surface area (Å²) < 4.78 is 5.45. The molecule has 4 heteroatoms. The zero-order valence-electron chi connectivity index (χ0n) is 11.3. The van der Waals surface area contributed by atoms with E-state index in [0.717, 1.165) is 17.4 Å². The van der Waals surface area contributed by atoms with E-state index in [-0.39, 0.29) is 0 Å². The molecule has 1 aromatic rings. The number of nitrogens with one attached hydrogen (secondary N) is 1. The van der Waals surface area contributed by atoms with Crippen LogP contribution < -0.4 is 5.32 Å². The normalized spacial score (nSPS) is 20.2. The van der Waals surface area contributed by atoms with Crippen LogP contribution in [0, 0.1) is 0 Å². The fourth-order valence-corrected chi connectivity index (χ4v) is 3.21. The van der Waals surface area contributed by atoms with Crippen molar-refractivity contribution in [2.45, 2.75) is 63.6 Å². The summed E-state index contributed by atoms with van der Waals surface area (Å²) in [6.45, 7) is 0.802. The van der Waals surface area contributed by atoms with Gasteiger partial charge in [-0.25, -0.2) is 0 Å². The van der Waals surface area contributed by atoms with E-state index in [1.807, 2.05) is 12.1 Å². The average Bonchev–Trinajstić information content (AvgIpc) is 3.14. The molecule has 2 fully saturated rings. The van der Waals surface area contributed by atoms with E-state index >= 15 is 0 Å². The molecule has 0 saturated heterocycles. The zero-order chi connectivity index (χ0) is 13.1. The summed E-state index contributed by atoms with van der Waals surface area (Å²) in [4.78, 5) is 2.31. The summed E-state index contributed by atoms with van der Waals surface area (Å²) in [5, 5.41) is 4.49. The van der Waals surface area contributed by atoms with Gasteiger partial charge >= 0.3 is 0 Å². The van der Waals surface area contributed by atoms with Crippen LogP contribution in [0.2, 0.25) is 0 Å². The molecule has 0 bridgehead atoms. The highest BCUT2D eigenvalue weighted by atomic mass is 32.1. The van der Waals surface area contributed by atoms with Crippen molar-refractivity contribution in [1.29, 1.82) is 0 Å². The summed E-state index contributed by atoms with van der Waals surface area (Å²) in [5.41, 5.74) is 0. The van der Waals surface area contributed by atoms with Crippen molar-refractivity contribution in [3.63, 3.8) is 0 Å². The van der Waals surface area contributed by atoms with Crippen LogP contribution in [0.4, 0.5) is 0 Å². The molecule has 0 spiro atoms. The maximum atomic E-state index is 5.62. The third kappa shape index (κ3) is 3.50. The molecule has 3 rings (SSSR count). The highest BCUT2D eigenvalue weighted by Crippen LogP contribution is 2.29. The van der Waals surface area contributed by atoms with Crippen molar-refractivity contribution in [1.82, 2.24) is 10.2 Å². The highest BCUT2D eigenvalue weighted by molar-refractivity contribution is 7.80. The largest absolute Gasteiger partial charge is 0.467 e. The van der Waals surface area contributed by atoms with Crippen molar-refractivity contribution in [2.24, 2.45) is 0 Å². The molecule has 0 aromatic carbocycles. The monoisotopic (exact) mass is 278 g/mol. The molecule has 3 nitrogen and oxygen atoms in total. The standard InChI is InChI=1S/C15H22N2OS/c19-15(16-12-5-2-1-3-6-12)17(13-8-9-13)11-14-7-4-10-18-14/h4,7,10,12-13H,1-3,5-6,8-9,11H2,(H,16,19). The molecule has 2 aliphatic rings. The summed E-state index contributed by atoms with van der Waals surface area (Å²) in [7, 11) is 0. The highest BCUT2D eigenvalue weighted by Gasteiger charge is 2.32. The van der Waals surface area contributed by atoms with E-state index in [9.17, 15) is 0 Å². The van der Waals surface area contributed by atoms with Gasteiger partial charge in [0.25, 0.3) is 0 Å². The Hall–Kier alpha value is -1.03. The smallest absolute Gasteiger partial charge is 0.169 e. The molecule has 1 heterocycles. The van der Waals surface area contributed by atoms with Gasteiger partial charge in [0.15, 0.2) is 5.11 Å². The minimum atomic E-state index is 0.583. The molecular formula is C15H22N2OS. The molecule has 2 saturated carbocycles. The summed E-state index contributed by atoms with van der Waals surface area (Å²) in [5.74, 6) is 1.000. The Bertz CT molecular complexity index is 408. The number of nitrogens with zero attached hydrogens (tertiary/aromatic N) is 1. The number of rotatable bonds is 4. The topological polar surface area (TPSA) is 28.4 Å². The summed E-state index contributed by atoms with van der Waals surface area (Å²) in [6, 6.07) is 5.17. The molecule has 0 unspecified atom stereocenters. The van der Waals surface area contributed by atoms with Gasteiger partial charge < -0.3 is 14.6 Å². The molecule has 1 aromatic heterocycles. The van der Waals surface area contributed by atoms with Crippen molar-refractivity contribution in [3.05, 3.63) is 24.2 Å². The van der Waals surface area contributed by atoms with E-state index in [1.54, 1.807) is 6.26 Å². The minimum absolute atomic E-state index is 0.583. The van der Waals surface area contributed by atoms with E-state index in [4.69, 9.17) is 16.6 Å². The van der Waals surface area contributed by atoms with Gasteiger partial charge in [-0.2, -0.15) is 0 Å². The summed E-state index contributed by atoms with van der Waals surface area (Å²) in [6.07, 6.45) is 10.8. The molecule has 1 N–H and O–H groups in total. The van der Waals surface area contributed by atoms with Crippen LogP contribution in [0.1, 0.15) is 50.7 Å². The van der Waals surface area contributed by atoms with Gasteiger partial charge in [-0.05, 0) is 50.0 Å². The van der Waals surface area contributed by atoms with Crippen molar-refractivity contribution in [2.75, 3.05) is 0 Å². The first kappa shape index (κ1) is 13.0. The van der Waals surface area contributed by atoms with E-state index in [0.29, 0.717) is 12.1 Å². The third-order valence-corrected chi connectivity index (χ3v) is 4.44. The zero-order valence-corrected chi connectivity index (χ0v) is 12.1. The lowest BCUT2D eigenvalue weighted by molar-refractivity contribution is 0.333. The molecule has 0 atom stereocenters. The minimum Gasteiger partial charge on any atom is -0.467 e. The first-order valence-electron chi connectivity index (χ1n) is 7.42. The van der Waals surface area contributed by atoms with Gasteiger partial charge in [0.05, 0.1) is 12.8 Å². The third-order valence-electron chi connectivity index (χ3n) is 4.09. The van der Waals surface area contributed by atoms with Crippen LogP contribution in [-0.4, -0.2) is 22.1 Å². The second-order valence-corrected chi connectivity index (χ2v) is 6.11. The molecule has 0 amide bonds. The Labute approximate surface area is 120 Å². The number of hydrogen-bond donors (Lipinski definition) is 1. The Morgan fingerprint density at radius 3 is 2.68 bits per heavy atom. The molecule has 0 aliphatic heterocycles. The van der Waals surface area contributed by atoms with E-state index < -0.39 is 0 Å². The second-order valence-electron chi connectivity index (χ2n) is 5.72. The lowest BCUT2D eigenvalue weighted by atomic mass is 9.96. The quantitative estimate of drug-likeness (QED) is 0.854. The van der Waals surface area contributed by atoms with Gasteiger partial charge in [0.1, 0.15) is 5.76 Å². The fourth-order valence-electron chi connectivity index (χ4n) is 2.83. The van der Waals surface area contributed by atoms with Crippen LogP contribution in [0.25, 0.3) is 0 Å². The van der Waals surface area contributed by atoms with E-state index in [2.05, 4.69) is 10.2 Å². The first-order valence-corrected chi connectivity index (χ1v) is 7.83. The maximum Gasteiger partial charge on any atom is 0.169 e. The van der Waals surface area contributed by atoms with Crippen molar-refractivity contribution < 1.29 is 4.42 Å². The Kier molecular flexibility index (Phi) is 4.06. The Morgan fingerprint density at radius 1 is 1.26 bits per heavy atom. The Balaban J connectivity index is 1.57. The molecule has 104 valence electrons. The predicted molar refractivity (Wildman–Crippen MR) is 79.9 cm³/mol. The first-order chi connectivity index (χ1) is 9.33. The van der Waals surface area contributed by atoms with Gasteiger partial charge in [-0.15, -0.1) is 0 Å². The van der Waals surface area contributed by atoms with Gasteiger partial charge in [-0.3, -0.25) is 0 Å². The molecule has 2 aliphatic carbocycles. The molecular weight excluding hydrogens is 256 g/mol.